The molecular formula is C27H22ClNO5. The van der Waals surface area contributed by atoms with E-state index in [1.807, 2.05) is 42.5 Å². The molecule has 0 saturated heterocycles. The molecule has 34 heavy (non-hydrogen) atoms. The summed E-state index contributed by atoms with van der Waals surface area (Å²) >= 11 is 6.21. The predicted molar refractivity (Wildman–Crippen MR) is 129 cm³/mol. The van der Waals surface area contributed by atoms with Crippen LogP contribution in [0.2, 0.25) is 5.02 Å². The van der Waals surface area contributed by atoms with Crippen LogP contribution in [0.15, 0.2) is 77.3 Å². The molecule has 0 amide bonds. The van der Waals surface area contributed by atoms with E-state index >= 15 is 0 Å². The van der Waals surface area contributed by atoms with Gasteiger partial charge in [0.15, 0.2) is 5.76 Å². The Morgan fingerprint density at radius 1 is 0.971 bits per heavy atom. The fraction of sp³-hybridized carbons (Fsp3) is 0.148. The Morgan fingerprint density at radius 2 is 1.56 bits per heavy atom. The van der Waals surface area contributed by atoms with Crippen molar-refractivity contribution >= 4 is 23.5 Å². The van der Waals surface area contributed by atoms with Gasteiger partial charge < -0.3 is 14.4 Å². The number of carboxylic acid groups (broad SMARTS) is 1. The lowest BCUT2D eigenvalue weighted by Gasteiger charge is -2.15. The zero-order chi connectivity index (χ0) is 24.2. The number of hydrogen-bond acceptors (Lipinski definition) is 5. The molecule has 0 bridgehead atoms. The van der Waals surface area contributed by atoms with E-state index in [0.717, 1.165) is 22.3 Å². The van der Waals surface area contributed by atoms with E-state index in [-0.39, 0.29) is 12.0 Å². The second-order valence-electron chi connectivity index (χ2n) is 7.87. The number of carbonyl (C=O) groups is 2. The molecule has 0 saturated carbocycles. The van der Waals surface area contributed by atoms with Crippen LogP contribution in [0.25, 0.3) is 22.5 Å². The Labute approximate surface area is 201 Å². The highest BCUT2D eigenvalue weighted by atomic mass is 35.5. The maximum absolute atomic E-state index is 12.7. The number of aromatic nitrogens is 1. The maximum Gasteiger partial charge on any atom is 0.335 e. The van der Waals surface area contributed by atoms with E-state index < -0.39 is 18.0 Å². The van der Waals surface area contributed by atoms with Crippen molar-refractivity contribution in [2.45, 2.75) is 26.4 Å². The number of carbonyl (C=O) groups excluding carboxylic acids is 1. The summed E-state index contributed by atoms with van der Waals surface area (Å²) < 4.78 is 11.1. The molecule has 0 unspecified atom stereocenters. The molecule has 1 aromatic heterocycles. The lowest BCUT2D eigenvalue weighted by atomic mass is 9.99. The molecule has 0 aliphatic rings. The molecule has 0 radical (unpaired) electrons. The standard InChI is InChI=1S/C27H22ClNO5/c1-16-23(15-25(30)33-17(2)22-5-3-4-6-24(22)28)26(34-29-16)20-11-7-18(8-12-20)19-9-13-21(14-10-19)27(31)32/h3-14,17H,15H2,1-2H3,(H,31,32)/t17-/m1/s1. The molecule has 3 aromatic carbocycles. The number of aromatic carboxylic acids is 1. The van der Waals surface area contributed by atoms with Crippen LogP contribution in [0, 0.1) is 6.92 Å². The third-order valence-corrected chi connectivity index (χ3v) is 5.91. The van der Waals surface area contributed by atoms with Crippen molar-refractivity contribution in [1.82, 2.24) is 5.16 Å². The number of nitrogens with zero attached hydrogens (tertiary/aromatic N) is 1. The van der Waals surface area contributed by atoms with Crippen molar-refractivity contribution in [3.63, 3.8) is 0 Å². The molecule has 1 N–H and O–H groups in total. The van der Waals surface area contributed by atoms with Gasteiger partial charge in [0.05, 0.1) is 17.7 Å². The number of rotatable bonds is 7. The third kappa shape index (κ3) is 5.02. The van der Waals surface area contributed by atoms with Gasteiger partial charge >= 0.3 is 11.9 Å². The molecule has 1 atom stereocenters. The van der Waals surface area contributed by atoms with Crippen LogP contribution >= 0.6 is 11.6 Å². The second-order valence-corrected chi connectivity index (χ2v) is 8.27. The summed E-state index contributed by atoms with van der Waals surface area (Å²) in [6.07, 6.45) is -0.477. The van der Waals surface area contributed by atoms with Crippen molar-refractivity contribution in [3.8, 4) is 22.5 Å². The van der Waals surface area contributed by atoms with E-state index in [1.54, 1.807) is 44.2 Å². The number of ether oxygens (including phenoxy) is 1. The van der Waals surface area contributed by atoms with Gasteiger partial charge in [0.2, 0.25) is 0 Å². The van der Waals surface area contributed by atoms with Crippen molar-refractivity contribution < 1.29 is 24.0 Å². The minimum Gasteiger partial charge on any atom is -0.478 e. The van der Waals surface area contributed by atoms with Crippen LogP contribution in [0.4, 0.5) is 0 Å². The number of halogens is 1. The van der Waals surface area contributed by atoms with Gasteiger partial charge in [0.1, 0.15) is 6.10 Å². The average molecular weight is 476 g/mol. The van der Waals surface area contributed by atoms with Gasteiger partial charge in [-0.15, -0.1) is 0 Å². The van der Waals surface area contributed by atoms with E-state index in [0.29, 0.717) is 22.0 Å². The number of benzene rings is 3. The van der Waals surface area contributed by atoms with Crippen LogP contribution in [0.1, 0.15) is 40.2 Å². The number of aryl methyl sites for hydroxylation is 1. The quantitative estimate of drug-likeness (QED) is 0.306. The van der Waals surface area contributed by atoms with Crippen LogP contribution in [-0.4, -0.2) is 22.2 Å². The summed E-state index contributed by atoms with van der Waals surface area (Å²) in [6.45, 7) is 3.56. The lowest BCUT2D eigenvalue weighted by molar-refractivity contribution is -0.147. The first-order valence-corrected chi connectivity index (χ1v) is 11.0. The van der Waals surface area contributed by atoms with Crippen LogP contribution in [0.3, 0.4) is 0 Å². The highest BCUT2D eigenvalue weighted by molar-refractivity contribution is 6.31. The normalized spacial score (nSPS) is 11.7. The van der Waals surface area contributed by atoms with Gasteiger partial charge in [0.25, 0.3) is 0 Å². The number of esters is 1. The van der Waals surface area contributed by atoms with Gasteiger partial charge in [-0.05, 0) is 43.2 Å². The summed E-state index contributed by atoms with van der Waals surface area (Å²) in [6, 6.07) is 21.5. The smallest absolute Gasteiger partial charge is 0.335 e. The zero-order valence-corrected chi connectivity index (χ0v) is 19.4. The average Bonchev–Trinajstić information content (AvgIpc) is 3.19. The number of hydrogen-bond donors (Lipinski definition) is 1. The first kappa shape index (κ1) is 23.3. The fourth-order valence-electron chi connectivity index (χ4n) is 3.69. The summed E-state index contributed by atoms with van der Waals surface area (Å²) in [5.74, 6) is -0.863. The summed E-state index contributed by atoms with van der Waals surface area (Å²) in [5, 5.41) is 13.7. The summed E-state index contributed by atoms with van der Waals surface area (Å²) in [4.78, 5) is 23.7. The third-order valence-electron chi connectivity index (χ3n) is 5.57. The first-order valence-electron chi connectivity index (χ1n) is 10.7. The highest BCUT2D eigenvalue weighted by Crippen LogP contribution is 2.31. The van der Waals surface area contributed by atoms with Gasteiger partial charge in [0, 0.05) is 21.7 Å². The molecule has 172 valence electrons. The van der Waals surface area contributed by atoms with Gasteiger partial charge in [-0.2, -0.15) is 0 Å². The van der Waals surface area contributed by atoms with Gasteiger partial charge in [-0.25, -0.2) is 4.79 Å². The molecule has 0 aliphatic heterocycles. The Morgan fingerprint density at radius 3 is 2.18 bits per heavy atom. The fourth-order valence-corrected chi connectivity index (χ4v) is 3.98. The zero-order valence-electron chi connectivity index (χ0n) is 18.6. The summed E-state index contributed by atoms with van der Waals surface area (Å²) in [5.41, 5.74) is 4.84. The molecule has 4 aromatic rings. The largest absolute Gasteiger partial charge is 0.478 e. The maximum atomic E-state index is 12.7. The Balaban J connectivity index is 1.50. The molecule has 0 fully saturated rings. The molecule has 7 heteroatoms. The van der Waals surface area contributed by atoms with Crippen molar-refractivity contribution in [3.05, 3.63) is 100 Å². The Hall–Kier alpha value is -3.90. The van der Waals surface area contributed by atoms with Crippen LogP contribution in [0.5, 0.6) is 0 Å². The van der Waals surface area contributed by atoms with E-state index in [1.165, 1.54) is 0 Å². The first-order chi connectivity index (χ1) is 16.3. The second kappa shape index (κ2) is 9.93. The van der Waals surface area contributed by atoms with Crippen molar-refractivity contribution in [2.75, 3.05) is 0 Å². The monoisotopic (exact) mass is 475 g/mol. The lowest BCUT2D eigenvalue weighted by Crippen LogP contribution is -2.12. The molecule has 6 nitrogen and oxygen atoms in total. The Bertz CT molecular complexity index is 1330. The molecular weight excluding hydrogens is 454 g/mol. The van der Waals surface area contributed by atoms with Crippen LogP contribution < -0.4 is 0 Å². The van der Waals surface area contributed by atoms with E-state index in [4.69, 9.17) is 26.0 Å². The summed E-state index contributed by atoms with van der Waals surface area (Å²) in [7, 11) is 0. The van der Waals surface area contributed by atoms with Crippen molar-refractivity contribution in [2.24, 2.45) is 0 Å². The topological polar surface area (TPSA) is 89.6 Å². The molecule has 1 heterocycles. The Kier molecular flexibility index (Phi) is 6.80. The van der Waals surface area contributed by atoms with Crippen molar-refractivity contribution in [1.29, 1.82) is 0 Å². The van der Waals surface area contributed by atoms with Gasteiger partial charge in [-0.1, -0.05) is 71.4 Å². The minimum absolute atomic E-state index is 0.0118. The van der Waals surface area contributed by atoms with Gasteiger partial charge in [-0.3, -0.25) is 4.79 Å². The minimum atomic E-state index is -0.963. The van der Waals surface area contributed by atoms with Crippen LogP contribution in [-0.2, 0) is 16.0 Å². The SMILES string of the molecule is Cc1noc(-c2ccc(-c3ccc(C(=O)O)cc3)cc2)c1CC(=O)O[C@H](C)c1ccccc1Cl. The molecule has 0 aliphatic carbocycles. The van der Waals surface area contributed by atoms with E-state index in [9.17, 15) is 9.59 Å². The highest BCUT2D eigenvalue weighted by Gasteiger charge is 2.21. The number of carboxylic acids is 1. The predicted octanol–water partition coefficient (Wildman–Crippen LogP) is 6.52. The molecule has 4 rings (SSSR count). The molecule has 0 spiro atoms. The van der Waals surface area contributed by atoms with E-state index in [2.05, 4.69) is 5.16 Å².